The molecule has 0 fully saturated rings. The van der Waals surface area contributed by atoms with Crippen LogP contribution >= 0.6 is 0 Å². The summed E-state index contributed by atoms with van der Waals surface area (Å²) in [4.78, 5) is 10.8. The van der Waals surface area contributed by atoms with Crippen molar-refractivity contribution in [2.75, 3.05) is 0 Å². The molecule has 0 amide bonds. The second kappa shape index (κ2) is 10.4. The molecule has 0 saturated heterocycles. The summed E-state index contributed by atoms with van der Waals surface area (Å²) in [6, 6.07) is 28.6. The molecule has 0 aromatic heterocycles. The minimum absolute atomic E-state index is 0.0209. The first-order valence-corrected chi connectivity index (χ1v) is 12.3. The predicted molar refractivity (Wildman–Crippen MR) is 130 cm³/mol. The van der Waals surface area contributed by atoms with E-state index in [-0.39, 0.29) is 29.4 Å². The van der Waals surface area contributed by atoms with Crippen molar-refractivity contribution in [3.05, 3.63) is 114 Å². The van der Waals surface area contributed by atoms with Gasteiger partial charge in [-0.05, 0) is 59.0 Å². The molecule has 178 valence electrons. The average molecular weight is 488 g/mol. The molecule has 0 unspecified atom stereocenters. The van der Waals surface area contributed by atoms with Gasteiger partial charge in [-0.2, -0.15) is 8.42 Å². The Balaban J connectivity index is 1.51. The Morgan fingerprint density at radius 2 is 1.46 bits per heavy atom. The van der Waals surface area contributed by atoms with Crippen LogP contribution < -0.4 is 14.0 Å². The van der Waals surface area contributed by atoms with Crippen LogP contribution in [0.25, 0.3) is 11.1 Å². The van der Waals surface area contributed by atoms with Crippen molar-refractivity contribution in [1.82, 2.24) is 0 Å². The monoisotopic (exact) mass is 487 g/mol. The largest absolute Gasteiger partial charge is 0.550 e. The number of carboxylic acid groups (broad SMARTS) is 1. The lowest BCUT2D eigenvalue weighted by atomic mass is 10.0. The lowest BCUT2D eigenvalue weighted by Crippen LogP contribution is -2.24. The van der Waals surface area contributed by atoms with Gasteiger partial charge in [0, 0.05) is 12.4 Å². The van der Waals surface area contributed by atoms with Crippen LogP contribution in [0.15, 0.2) is 102 Å². The van der Waals surface area contributed by atoms with Gasteiger partial charge >= 0.3 is 10.1 Å². The summed E-state index contributed by atoms with van der Waals surface area (Å²) in [5, 5.41) is 10.9. The van der Waals surface area contributed by atoms with Gasteiger partial charge in [-0.1, -0.05) is 72.8 Å². The molecule has 0 aliphatic heterocycles. The number of para-hydroxylation sites is 1. The number of hydrogen-bond acceptors (Lipinski definition) is 6. The van der Waals surface area contributed by atoms with Crippen molar-refractivity contribution in [2.24, 2.45) is 0 Å². The van der Waals surface area contributed by atoms with Gasteiger partial charge in [-0.3, -0.25) is 0 Å². The first-order valence-electron chi connectivity index (χ1n) is 10.9. The van der Waals surface area contributed by atoms with E-state index in [4.69, 9.17) is 8.92 Å². The summed E-state index contributed by atoms with van der Waals surface area (Å²) in [7, 11) is -4.24. The fourth-order valence-electron chi connectivity index (χ4n) is 3.67. The molecule has 0 atom stereocenters. The molecular formula is C28H23O6S-. The fraction of sp³-hybridized carbons (Fsp3) is 0.107. The van der Waals surface area contributed by atoms with Crippen LogP contribution in [-0.2, 0) is 27.9 Å². The van der Waals surface area contributed by atoms with Gasteiger partial charge in [0.05, 0.1) is 0 Å². The molecule has 0 heterocycles. The quantitative estimate of drug-likeness (QED) is 0.327. The van der Waals surface area contributed by atoms with Crippen LogP contribution in [0, 0.1) is 6.92 Å². The third-order valence-corrected chi connectivity index (χ3v) is 6.53. The highest BCUT2D eigenvalue weighted by Gasteiger charge is 2.22. The number of aryl methyl sites for hydroxylation is 1. The molecule has 0 saturated carbocycles. The van der Waals surface area contributed by atoms with Crippen molar-refractivity contribution < 1.29 is 27.2 Å². The Morgan fingerprint density at radius 3 is 2.17 bits per heavy atom. The van der Waals surface area contributed by atoms with Crippen LogP contribution in [0.2, 0.25) is 0 Å². The Labute approximate surface area is 204 Å². The number of hydrogen-bond donors (Lipinski definition) is 0. The number of rotatable bonds is 9. The molecule has 0 N–H and O–H groups in total. The van der Waals surface area contributed by atoms with Crippen molar-refractivity contribution >= 4 is 16.1 Å². The third kappa shape index (κ3) is 6.28. The SMILES string of the molecule is Cc1cc(CC(=O)[O-])cc(OS(=O)(=O)c2ccccc2OCc2ccc(-c3ccccc3)cc2)c1. The summed E-state index contributed by atoms with van der Waals surface area (Å²) in [6.45, 7) is 1.89. The van der Waals surface area contributed by atoms with Crippen LogP contribution in [0.4, 0.5) is 0 Å². The van der Waals surface area contributed by atoms with Crippen molar-refractivity contribution in [3.8, 4) is 22.6 Å². The van der Waals surface area contributed by atoms with Crippen LogP contribution in [0.3, 0.4) is 0 Å². The molecule has 4 aromatic carbocycles. The maximum Gasteiger partial charge on any atom is 0.342 e. The van der Waals surface area contributed by atoms with Crippen LogP contribution in [0.1, 0.15) is 16.7 Å². The fourth-order valence-corrected chi connectivity index (χ4v) is 4.73. The average Bonchev–Trinajstić information content (AvgIpc) is 2.83. The van der Waals surface area contributed by atoms with E-state index in [9.17, 15) is 18.3 Å². The maximum atomic E-state index is 13.0. The van der Waals surface area contributed by atoms with Gasteiger partial charge in [-0.15, -0.1) is 0 Å². The van der Waals surface area contributed by atoms with Gasteiger partial charge in [0.15, 0.2) is 0 Å². The van der Waals surface area contributed by atoms with E-state index >= 15 is 0 Å². The first kappa shape index (κ1) is 24.0. The number of carbonyl (C=O) groups excluding carboxylic acids is 1. The molecule has 4 aromatic rings. The van der Waals surface area contributed by atoms with Crippen molar-refractivity contribution in [2.45, 2.75) is 24.8 Å². The lowest BCUT2D eigenvalue weighted by Gasteiger charge is -2.14. The zero-order chi connectivity index (χ0) is 24.8. The predicted octanol–water partition coefficient (Wildman–Crippen LogP) is 4.30. The van der Waals surface area contributed by atoms with E-state index in [2.05, 4.69) is 0 Å². The minimum Gasteiger partial charge on any atom is -0.550 e. The summed E-state index contributed by atoms with van der Waals surface area (Å²) < 4.78 is 37.3. The molecule has 0 aliphatic rings. The van der Waals surface area contributed by atoms with Gasteiger partial charge in [0.1, 0.15) is 23.0 Å². The minimum atomic E-state index is -4.24. The highest BCUT2D eigenvalue weighted by Crippen LogP contribution is 2.29. The topological polar surface area (TPSA) is 92.7 Å². The standard InChI is InChI=1S/C28H24O6S/c1-20-15-22(18-28(29)30)17-25(16-20)34-35(31,32)27-10-6-5-9-26(27)33-19-21-11-13-24(14-12-21)23-7-3-2-4-8-23/h2-17H,18-19H2,1H3,(H,29,30)/p-1. The zero-order valence-electron chi connectivity index (χ0n) is 19.0. The highest BCUT2D eigenvalue weighted by molar-refractivity contribution is 7.87. The van der Waals surface area contributed by atoms with E-state index in [1.54, 1.807) is 31.2 Å². The normalized spacial score (nSPS) is 11.1. The summed E-state index contributed by atoms with van der Waals surface area (Å²) >= 11 is 0. The molecule has 0 spiro atoms. The van der Waals surface area contributed by atoms with Crippen LogP contribution in [-0.4, -0.2) is 14.4 Å². The third-order valence-electron chi connectivity index (χ3n) is 5.24. The van der Waals surface area contributed by atoms with Gasteiger partial charge in [0.2, 0.25) is 0 Å². The van der Waals surface area contributed by atoms with Gasteiger partial charge < -0.3 is 18.8 Å². The molecule has 6 nitrogen and oxygen atoms in total. The lowest BCUT2D eigenvalue weighted by molar-refractivity contribution is -0.304. The Morgan fingerprint density at radius 1 is 0.800 bits per heavy atom. The van der Waals surface area contributed by atoms with E-state index in [0.29, 0.717) is 11.1 Å². The molecular weight excluding hydrogens is 464 g/mol. The van der Waals surface area contributed by atoms with E-state index in [0.717, 1.165) is 16.7 Å². The summed E-state index contributed by atoms with van der Waals surface area (Å²) in [6.07, 6.45) is -0.346. The van der Waals surface area contributed by atoms with Crippen molar-refractivity contribution in [1.29, 1.82) is 0 Å². The Bertz CT molecular complexity index is 1430. The second-order valence-electron chi connectivity index (χ2n) is 8.04. The highest BCUT2D eigenvalue weighted by atomic mass is 32.2. The van der Waals surface area contributed by atoms with Gasteiger partial charge in [-0.25, -0.2) is 0 Å². The number of aliphatic carboxylic acids is 1. The van der Waals surface area contributed by atoms with Crippen LogP contribution in [0.5, 0.6) is 11.5 Å². The molecule has 4 rings (SSSR count). The molecule has 0 bridgehead atoms. The van der Waals surface area contributed by atoms with Gasteiger partial charge in [0.25, 0.3) is 0 Å². The maximum absolute atomic E-state index is 13.0. The zero-order valence-corrected chi connectivity index (χ0v) is 19.8. The van der Waals surface area contributed by atoms with E-state index in [1.165, 1.54) is 18.2 Å². The number of carboxylic acids is 1. The second-order valence-corrected chi connectivity index (χ2v) is 9.55. The Hall–Kier alpha value is -4.10. The van der Waals surface area contributed by atoms with E-state index in [1.807, 2.05) is 54.6 Å². The number of ether oxygens (including phenoxy) is 1. The number of carbonyl (C=O) groups is 1. The van der Waals surface area contributed by atoms with Crippen molar-refractivity contribution in [3.63, 3.8) is 0 Å². The summed E-state index contributed by atoms with van der Waals surface area (Å²) in [5.74, 6) is -1.09. The number of benzene rings is 4. The first-order chi connectivity index (χ1) is 16.8. The molecule has 0 radical (unpaired) electrons. The Kier molecular flexibility index (Phi) is 7.17. The molecule has 7 heteroatoms. The smallest absolute Gasteiger partial charge is 0.342 e. The molecule has 0 aliphatic carbocycles. The summed E-state index contributed by atoms with van der Waals surface area (Å²) in [5.41, 5.74) is 4.11. The molecule has 35 heavy (non-hydrogen) atoms. The van der Waals surface area contributed by atoms with E-state index < -0.39 is 16.1 Å².